The van der Waals surface area contributed by atoms with Gasteiger partial charge in [-0.25, -0.2) is 0 Å². The van der Waals surface area contributed by atoms with Crippen LogP contribution in [0.4, 0.5) is 0 Å². The van der Waals surface area contributed by atoms with Gasteiger partial charge in [0.2, 0.25) is 0 Å². The summed E-state index contributed by atoms with van der Waals surface area (Å²) in [7, 11) is 0. The molecule has 0 saturated heterocycles. The minimum atomic E-state index is -0.408. The second kappa shape index (κ2) is 3.37. The second-order valence-electron chi connectivity index (χ2n) is 5.61. The zero-order valence-electron chi connectivity index (χ0n) is 9.59. The predicted molar refractivity (Wildman–Crippen MR) is 59.0 cm³/mol. The Kier molecular flexibility index (Phi) is 2.46. The first kappa shape index (κ1) is 10.2. The van der Waals surface area contributed by atoms with Gasteiger partial charge in [0.1, 0.15) is 0 Å². The molecule has 1 heteroatoms. The molecule has 80 valence electrons. The maximum atomic E-state index is 10.3. The van der Waals surface area contributed by atoms with Gasteiger partial charge in [-0.05, 0) is 57.3 Å². The third kappa shape index (κ3) is 1.63. The highest BCUT2D eigenvalue weighted by Gasteiger charge is 2.43. The Morgan fingerprint density at radius 3 is 2.86 bits per heavy atom. The molecular formula is C13H22O. The Bertz CT molecular complexity index is 252. The molecule has 0 bridgehead atoms. The van der Waals surface area contributed by atoms with E-state index in [1.54, 1.807) is 0 Å². The average molecular weight is 194 g/mol. The molecule has 4 atom stereocenters. The summed E-state index contributed by atoms with van der Waals surface area (Å²) in [5.74, 6) is 1.90. The highest BCUT2D eigenvalue weighted by molar-refractivity contribution is 5.12. The maximum absolute atomic E-state index is 10.3. The fourth-order valence-corrected chi connectivity index (χ4v) is 3.29. The van der Waals surface area contributed by atoms with Crippen molar-refractivity contribution in [2.24, 2.45) is 17.8 Å². The van der Waals surface area contributed by atoms with Gasteiger partial charge in [0, 0.05) is 0 Å². The van der Waals surface area contributed by atoms with Gasteiger partial charge in [-0.1, -0.05) is 18.6 Å². The molecule has 1 saturated carbocycles. The van der Waals surface area contributed by atoms with Crippen LogP contribution in [0.3, 0.4) is 0 Å². The smallest absolute Gasteiger partial charge is 0.0653 e. The molecule has 1 unspecified atom stereocenters. The van der Waals surface area contributed by atoms with Crippen LogP contribution in [0.5, 0.6) is 0 Å². The summed E-state index contributed by atoms with van der Waals surface area (Å²) < 4.78 is 0. The van der Waals surface area contributed by atoms with Gasteiger partial charge in [-0.2, -0.15) is 0 Å². The summed E-state index contributed by atoms with van der Waals surface area (Å²) in [4.78, 5) is 0. The van der Waals surface area contributed by atoms with Crippen LogP contribution in [-0.4, -0.2) is 10.7 Å². The Hall–Kier alpha value is -0.300. The number of hydrogen-bond donors (Lipinski definition) is 1. The molecule has 0 spiro atoms. The molecule has 2 rings (SSSR count). The molecular weight excluding hydrogens is 172 g/mol. The molecule has 0 radical (unpaired) electrons. The summed E-state index contributed by atoms with van der Waals surface area (Å²) in [6, 6.07) is 0. The van der Waals surface area contributed by atoms with E-state index in [1.807, 2.05) is 6.92 Å². The first-order valence-electron chi connectivity index (χ1n) is 5.90. The van der Waals surface area contributed by atoms with Crippen molar-refractivity contribution in [2.45, 2.75) is 52.1 Å². The number of fused-ring (bicyclic) bond motifs is 1. The zero-order valence-corrected chi connectivity index (χ0v) is 9.59. The van der Waals surface area contributed by atoms with Crippen LogP contribution in [-0.2, 0) is 0 Å². The summed E-state index contributed by atoms with van der Waals surface area (Å²) in [5, 5.41) is 10.3. The van der Waals surface area contributed by atoms with Crippen molar-refractivity contribution in [3.63, 3.8) is 0 Å². The van der Waals surface area contributed by atoms with Gasteiger partial charge in [-0.3, -0.25) is 0 Å². The Morgan fingerprint density at radius 2 is 2.14 bits per heavy atom. The highest BCUT2D eigenvalue weighted by Crippen LogP contribution is 2.47. The lowest BCUT2D eigenvalue weighted by Crippen LogP contribution is -2.46. The van der Waals surface area contributed by atoms with Crippen LogP contribution < -0.4 is 0 Å². The first-order valence-corrected chi connectivity index (χ1v) is 5.90. The van der Waals surface area contributed by atoms with Gasteiger partial charge >= 0.3 is 0 Å². The molecule has 0 amide bonds. The van der Waals surface area contributed by atoms with Crippen molar-refractivity contribution < 1.29 is 5.11 Å². The van der Waals surface area contributed by atoms with E-state index in [4.69, 9.17) is 0 Å². The third-order valence-electron chi connectivity index (χ3n) is 4.35. The van der Waals surface area contributed by atoms with E-state index in [-0.39, 0.29) is 0 Å². The third-order valence-corrected chi connectivity index (χ3v) is 4.35. The van der Waals surface area contributed by atoms with Crippen LogP contribution >= 0.6 is 0 Å². The fourth-order valence-electron chi connectivity index (χ4n) is 3.29. The monoisotopic (exact) mass is 194 g/mol. The predicted octanol–water partition coefficient (Wildman–Crippen LogP) is 3.14. The van der Waals surface area contributed by atoms with Crippen molar-refractivity contribution >= 4 is 0 Å². The van der Waals surface area contributed by atoms with E-state index in [0.717, 1.165) is 12.3 Å². The average Bonchev–Trinajstić information content (AvgIpc) is 2.12. The Balaban J connectivity index is 2.25. The summed E-state index contributed by atoms with van der Waals surface area (Å²) >= 11 is 0. The van der Waals surface area contributed by atoms with Crippen LogP contribution in [0.2, 0.25) is 0 Å². The van der Waals surface area contributed by atoms with Crippen molar-refractivity contribution in [2.75, 3.05) is 0 Å². The molecule has 1 nitrogen and oxygen atoms in total. The molecule has 1 fully saturated rings. The van der Waals surface area contributed by atoms with Gasteiger partial charge in [0.25, 0.3) is 0 Å². The summed E-state index contributed by atoms with van der Waals surface area (Å²) in [6.07, 6.45) is 6.96. The molecule has 14 heavy (non-hydrogen) atoms. The largest absolute Gasteiger partial charge is 0.390 e. The fraction of sp³-hybridized carbons (Fsp3) is 0.846. The van der Waals surface area contributed by atoms with Crippen LogP contribution in [0, 0.1) is 17.8 Å². The van der Waals surface area contributed by atoms with Crippen molar-refractivity contribution in [1.82, 2.24) is 0 Å². The van der Waals surface area contributed by atoms with E-state index < -0.39 is 5.60 Å². The number of rotatable bonds is 0. The standard InChI is InChI=1S/C13H22O/c1-9-4-5-12-11(8-9)10(2)6-7-13(12,3)14/h8,10-12,14H,4-7H2,1-3H3/t10-,11+,12?,13+/m1/s1. The SMILES string of the molecule is CC1=C[C@@H]2C(CC1)[C@@](C)(O)CC[C@H]2C. The number of allylic oxidation sites excluding steroid dienone is 2. The topological polar surface area (TPSA) is 20.2 Å². The lowest BCUT2D eigenvalue weighted by atomic mass is 9.61. The highest BCUT2D eigenvalue weighted by atomic mass is 16.3. The maximum Gasteiger partial charge on any atom is 0.0653 e. The van der Waals surface area contributed by atoms with Crippen LogP contribution in [0.1, 0.15) is 46.5 Å². The van der Waals surface area contributed by atoms with E-state index in [2.05, 4.69) is 19.9 Å². The Labute approximate surface area is 87.2 Å². The van der Waals surface area contributed by atoms with E-state index in [9.17, 15) is 5.11 Å². The second-order valence-corrected chi connectivity index (χ2v) is 5.61. The van der Waals surface area contributed by atoms with Gasteiger partial charge in [-0.15, -0.1) is 0 Å². The van der Waals surface area contributed by atoms with E-state index >= 15 is 0 Å². The van der Waals surface area contributed by atoms with Crippen LogP contribution in [0.25, 0.3) is 0 Å². The van der Waals surface area contributed by atoms with Crippen LogP contribution in [0.15, 0.2) is 11.6 Å². The first-order chi connectivity index (χ1) is 6.50. The molecule has 0 heterocycles. The lowest BCUT2D eigenvalue weighted by Gasteiger charge is -2.47. The van der Waals surface area contributed by atoms with E-state index in [0.29, 0.717) is 11.8 Å². The van der Waals surface area contributed by atoms with Crippen molar-refractivity contribution in [3.05, 3.63) is 11.6 Å². The normalized spacial score (nSPS) is 48.3. The number of hydrogen-bond acceptors (Lipinski definition) is 1. The minimum Gasteiger partial charge on any atom is -0.390 e. The molecule has 2 aliphatic carbocycles. The zero-order chi connectivity index (χ0) is 10.3. The summed E-state index contributed by atoms with van der Waals surface area (Å²) in [5.41, 5.74) is 1.12. The molecule has 0 aromatic rings. The van der Waals surface area contributed by atoms with E-state index in [1.165, 1.54) is 24.8 Å². The Morgan fingerprint density at radius 1 is 1.43 bits per heavy atom. The molecule has 1 N–H and O–H groups in total. The lowest BCUT2D eigenvalue weighted by molar-refractivity contribution is -0.0708. The summed E-state index contributed by atoms with van der Waals surface area (Å²) in [6.45, 7) is 6.60. The van der Waals surface area contributed by atoms with Crippen molar-refractivity contribution in [3.8, 4) is 0 Å². The quantitative estimate of drug-likeness (QED) is 0.587. The molecule has 2 aliphatic rings. The van der Waals surface area contributed by atoms with Gasteiger partial charge in [0.15, 0.2) is 0 Å². The minimum absolute atomic E-state index is 0.408. The molecule has 0 aromatic heterocycles. The van der Waals surface area contributed by atoms with Gasteiger partial charge < -0.3 is 5.11 Å². The van der Waals surface area contributed by atoms with Crippen molar-refractivity contribution in [1.29, 1.82) is 0 Å². The molecule has 0 aliphatic heterocycles. The molecule has 0 aromatic carbocycles. The number of aliphatic hydroxyl groups is 1. The van der Waals surface area contributed by atoms with Gasteiger partial charge in [0.05, 0.1) is 5.60 Å².